The Morgan fingerprint density at radius 1 is 1.27 bits per heavy atom. The molecule has 1 aromatic carbocycles. The normalized spacial score (nSPS) is 14.1. The Kier molecular flexibility index (Phi) is 5.53. The van der Waals surface area contributed by atoms with Crippen molar-refractivity contribution in [3.63, 3.8) is 0 Å². The molecule has 4 rings (SSSR count). The summed E-state index contributed by atoms with van der Waals surface area (Å²) in [6, 6.07) is 9.12. The van der Waals surface area contributed by atoms with E-state index >= 15 is 0 Å². The number of aromatic nitrogens is 4. The van der Waals surface area contributed by atoms with Crippen LogP contribution in [-0.4, -0.2) is 39.0 Å². The average Bonchev–Trinajstić information content (AvgIpc) is 3.19. The first-order valence-electron chi connectivity index (χ1n) is 9.38. The molecule has 0 aliphatic carbocycles. The molecule has 0 saturated carbocycles. The summed E-state index contributed by atoms with van der Waals surface area (Å²) in [4.78, 5) is 16.3. The van der Waals surface area contributed by atoms with E-state index in [1.54, 1.807) is 12.3 Å². The monoisotopic (exact) mass is 409 g/mol. The maximum atomic E-state index is 13.1. The molecule has 0 saturated heterocycles. The van der Waals surface area contributed by atoms with E-state index in [0.717, 1.165) is 17.0 Å². The van der Waals surface area contributed by atoms with E-state index in [4.69, 9.17) is 15.2 Å². The molecule has 0 amide bonds. The SMILES string of the molecule is CC(=O)/C(COc1ccc(-c2nnn3c2COCC3)cn1)=C(\N)c1ccc(F)cc1. The number of benzene rings is 1. The number of Topliss-reactive ketones (excluding diaryl/α,β-unsaturated/α-hetero) is 1. The van der Waals surface area contributed by atoms with Crippen LogP contribution in [0.3, 0.4) is 0 Å². The molecule has 0 unspecified atom stereocenters. The van der Waals surface area contributed by atoms with E-state index in [1.165, 1.54) is 31.2 Å². The van der Waals surface area contributed by atoms with Crippen LogP contribution in [0.25, 0.3) is 17.0 Å². The summed E-state index contributed by atoms with van der Waals surface area (Å²) < 4.78 is 26.1. The highest BCUT2D eigenvalue weighted by molar-refractivity contribution is 6.00. The summed E-state index contributed by atoms with van der Waals surface area (Å²) in [5.41, 5.74) is 9.62. The molecule has 0 fully saturated rings. The minimum atomic E-state index is -0.378. The summed E-state index contributed by atoms with van der Waals surface area (Å²) in [7, 11) is 0. The summed E-state index contributed by atoms with van der Waals surface area (Å²) in [5.74, 6) is -0.275. The van der Waals surface area contributed by atoms with Gasteiger partial charge in [-0.15, -0.1) is 5.10 Å². The fraction of sp³-hybridized carbons (Fsp3) is 0.238. The van der Waals surface area contributed by atoms with Crippen LogP contribution in [0, 0.1) is 5.82 Å². The predicted octanol–water partition coefficient (Wildman–Crippen LogP) is 2.35. The molecule has 1 aliphatic rings. The van der Waals surface area contributed by atoms with Crippen molar-refractivity contribution in [1.82, 2.24) is 20.0 Å². The lowest BCUT2D eigenvalue weighted by Gasteiger charge is -2.14. The number of ketones is 1. The molecular weight excluding hydrogens is 389 g/mol. The molecule has 0 bridgehead atoms. The number of nitrogens with zero attached hydrogens (tertiary/aromatic N) is 4. The topological polar surface area (TPSA) is 105 Å². The van der Waals surface area contributed by atoms with Crippen LogP contribution in [-0.2, 0) is 22.7 Å². The number of halogens is 1. The van der Waals surface area contributed by atoms with Crippen LogP contribution in [0.1, 0.15) is 18.2 Å². The van der Waals surface area contributed by atoms with Crippen molar-refractivity contribution >= 4 is 11.5 Å². The second-order valence-electron chi connectivity index (χ2n) is 6.79. The van der Waals surface area contributed by atoms with E-state index in [2.05, 4.69) is 15.3 Å². The number of nitrogens with two attached hydrogens (primary N) is 1. The highest BCUT2D eigenvalue weighted by Crippen LogP contribution is 2.24. The molecule has 30 heavy (non-hydrogen) atoms. The van der Waals surface area contributed by atoms with Crippen LogP contribution in [0.4, 0.5) is 4.39 Å². The van der Waals surface area contributed by atoms with Crippen molar-refractivity contribution in [2.45, 2.75) is 20.1 Å². The van der Waals surface area contributed by atoms with Gasteiger partial charge >= 0.3 is 0 Å². The lowest BCUT2D eigenvalue weighted by atomic mass is 10.0. The lowest BCUT2D eigenvalue weighted by Crippen LogP contribution is -2.17. The number of pyridine rings is 1. The first kappa shape index (κ1) is 19.7. The molecule has 1 aliphatic heterocycles. The van der Waals surface area contributed by atoms with Gasteiger partial charge in [-0.05, 0) is 42.8 Å². The standard InChI is InChI=1S/C21H20FN5O3/c1-13(28)17(20(23)14-2-5-16(22)6-3-14)11-30-19-7-4-15(10-24-19)21-18-12-29-9-8-27(18)26-25-21/h2-7,10H,8-9,11-12,23H2,1H3/b20-17-. The Hall–Kier alpha value is -3.59. The zero-order chi connectivity index (χ0) is 21.1. The van der Waals surface area contributed by atoms with Gasteiger partial charge in [-0.25, -0.2) is 14.1 Å². The van der Waals surface area contributed by atoms with E-state index < -0.39 is 0 Å². The van der Waals surface area contributed by atoms with Crippen molar-refractivity contribution in [3.05, 3.63) is 65.2 Å². The maximum Gasteiger partial charge on any atom is 0.213 e. The Bertz CT molecular complexity index is 1090. The van der Waals surface area contributed by atoms with Gasteiger partial charge in [0.05, 0.1) is 31.0 Å². The zero-order valence-corrected chi connectivity index (χ0v) is 16.3. The smallest absolute Gasteiger partial charge is 0.213 e. The summed E-state index contributed by atoms with van der Waals surface area (Å²) in [5, 5.41) is 8.35. The fourth-order valence-corrected chi connectivity index (χ4v) is 3.12. The molecule has 0 atom stereocenters. The first-order valence-corrected chi connectivity index (χ1v) is 9.38. The fourth-order valence-electron chi connectivity index (χ4n) is 3.12. The molecule has 154 valence electrons. The third-order valence-electron chi connectivity index (χ3n) is 4.80. The Labute approximate surface area is 172 Å². The minimum absolute atomic E-state index is 0.0554. The Morgan fingerprint density at radius 2 is 2.07 bits per heavy atom. The molecule has 0 radical (unpaired) electrons. The number of rotatable bonds is 6. The molecule has 3 heterocycles. The van der Waals surface area contributed by atoms with Gasteiger partial charge in [0.25, 0.3) is 0 Å². The minimum Gasteiger partial charge on any atom is -0.473 e. The Balaban J connectivity index is 1.50. The molecule has 0 spiro atoms. The largest absolute Gasteiger partial charge is 0.473 e. The van der Waals surface area contributed by atoms with Crippen molar-refractivity contribution < 1.29 is 18.7 Å². The van der Waals surface area contributed by atoms with Gasteiger partial charge in [0, 0.05) is 23.5 Å². The molecule has 3 aromatic rings. The van der Waals surface area contributed by atoms with Crippen LogP contribution in [0.2, 0.25) is 0 Å². The highest BCUT2D eigenvalue weighted by atomic mass is 19.1. The van der Waals surface area contributed by atoms with E-state index in [-0.39, 0.29) is 29.5 Å². The second kappa shape index (κ2) is 8.42. The molecule has 8 nitrogen and oxygen atoms in total. The van der Waals surface area contributed by atoms with Gasteiger partial charge in [0.1, 0.15) is 18.1 Å². The van der Waals surface area contributed by atoms with Crippen molar-refractivity contribution in [2.24, 2.45) is 5.73 Å². The van der Waals surface area contributed by atoms with Crippen molar-refractivity contribution in [3.8, 4) is 17.1 Å². The van der Waals surface area contributed by atoms with Crippen LogP contribution in [0.15, 0.2) is 48.2 Å². The van der Waals surface area contributed by atoms with Crippen LogP contribution >= 0.6 is 0 Å². The third kappa shape index (κ3) is 4.06. The number of ether oxygens (including phenoxy) is 2. The molecule has 9 heteroatoms. The first-order chi connectivity index (χ1) is 14.5. The van der Waals surface area contributed by atoms with Crippen molar-refractivity contribution in [2.75, 3.05) is 13.2 Å². The van der Waals surface area contributed by atoms with Gasteiger partial charge in [0.2, 0.25) is 5.88 Å². The number of hydrogen-bond donors (Lipinski definition) is 1. The molecule has 2 N–H and O–H groups in total. The third-order valence-corrected chi connectivity index (χ3v) is 4.80. The maximum absolute atomic E-state index is 13.1. The summed E-state index contributed by atoms with van der Waals surface area (Å²) in [6.07, 6.45) is 1.63. The number of fused-ring (bicyclic) bond motifs is 1. The quantitative estimate of drug-likeness (QED) is 0.623. The average molecular weight is 409 g/mol. The van der Waals surface area contributed by atoms with Crippen molar-refractivity contribution in [1.29, 1.82) is 0 Å². The summed E-state index contributed by atoms with van der Waals surface area (Å²) in [6.45, 7) is 3.10. The molecule has 2 aromatic heterocycles. The number of carbonyl (C=O) groups excluding carboxylic acids is 1. The number of carbonyl (C=O) groups is 1. The highest BCUT2D eigenvalue weighted by Gasteiger charge is 2.19. The second-order valence-corrected chi connectivity index (χ2v) is 6.79. The lowest BCUT2D eigenvalue weighted by molar-refractivity contribution is -0.113. The predicted molar refractivity (Wildman–Crippen MR) is 107 cm³/mol. The van der Waals surface area contributed by atoms with E-state index in [0.29, 0.717) is 31.2 Å². The van der Waals surface area contributed by atoms with Gasteiger partial charge in [-0.2, -0.15) is 0 Å². The zero-order valence-electron chi connectivity index (χ0n) is 16.3. The van der Waals surface area contributed by atoms with Gasteiger partial charge in [0.15, 0.2) is 5.78 Å². The van der Waals surface area contributed by atoms with E-state index in [9.17, 15) is 9.18 Å². The van der Waals surface area contributed by atoms with Crippen LogP contribution < -0.4 is 10.5 Å². The van der Waals surface area contributed by atoms with Gasteiger partial charge in [-0.3, -0.25) is 4.79 Å². The van der Waals surface area contributed by atoms with Gasteiger partial charge < -0.3 is 15.2 Å². The van der Waals surface area contributed by atoms with Gasteiger partial charge in [-0.1, -0.05) is 5.21 Å². The Morgan fingerprint density at radius 3 is 2.77 bits per heavy atom. The van der Waals surface area contributed by atoms with Crippen LogP contribution in [0.5, 0.6) is 5.88 Å². The summed E-state index contributed by atoms with van der Waals surface area (Å²) >= 11 is 0. The van der Waals surface area contributed by atoms with E-state index in [1.807, 2.05) is 10.7 Å². The molecular formula is C21H20FN5O3. The number of hydrogen-bond acceptors (Lipinski definition) is 7.